The van der Waals surface area contributed by atoms with E-state index in [4.69, 9.17) is 0 Å². The van der Waals surface area contributed by atoms with Crippen molar-refractivity contribution in [1.29, 1.82) is 0 Å². The molecule has 0 spiro atoms. The van der Waals surface area contributed by atoms with Crippen molar-refractivity contribution < 1.29 is 4.21 Å². The number of hydrogen-bond donors (Lipinski definition) is 2. The van der Waals surface area contributed by atoms with Gasteiger partial charge < -0.3 is 15.5 Å². The van der Waals surface area contributed by atoms with Gasteiger partial charge in [-0.15, -0.1) is 24.0 Å². The van der Waals surface area contributed by atoms with Crippen molar-refractivity contribution in [2.75, 3.05) is 39.0 Å². The lowest BCUT2D eigenvalue weighted by Gasteiger charge is -2.31. The smallest absolute Gasteiger partial charge is 0.191 e. The van der Waals surface area contributed by atoms with Gasteiger partial charge in [0, 0.05) is 48.0 Å². The Balaban J connectivity index is 0.00000312. The summed E-state index contributed by atoms with van der Waals surface area (Å²) in [5, 5.41) is 7.36. The molecule has 1 saturated heterocycles. The molecule has 1 heterocycles. The van der Waals surface area contributed by atoms with E-state index in [1.807, 2.05) is 14.0 Å². The Kier molecular flexibility index (Phi) is 11.6. The largest absolute Gasteiger partial charge is 0.355 e. The standard InChI is InChI=1S/C18H36N4OS.HI/c1-4-24(23)17-7-5-6-16(14-17)21-18(19-3)20-10-13-22-11-8-15(2)9-12-22;/h15-17H,4-14H2,1-3H3,(H2,19,20,21);1H. The van der Waals surface area contributed by atoms with Gasteiger partial charge in [-0.2, -0.15) is 0 Å². The van der Waals surface area contributed by atoms with Crippen LogP contribution in [0.4, 0.5) is 0 Å². The van der Waals surface area contributed by atoms with E-state index in [1.54, 1.807) is 0 Å². The van der Waals surface area contributed by atoms with Gasteiger partial charge in [0.1, 0.15) is 0 Å². The Morgan fingerprint density at radius 3 is 2.60 bits per heavy atom. The van der Waals surface area contributed by atoms with Crippen LogP contribution in [0.1, 0.15) is 52.4 Å². The zero-order valence-electron chi connectivity index (χ0n) is 16.1. The molecule has 0 aromatic rings. The predicted molar refractivity (Wildman–Crippen MR) is 119 cm³/mol. The maximum atomic E-state index is 12.1. The second-order valence-corrected chi connectivity index (χ2v) is 9.33. The fraction of sp³-hybridized carbons (Fsp3) is 0.944. The zero-order valence-corrected chi connectivity index (χ0v) is 19.3. The highest BCUT2D eigenvalue weighted by Crippen LogP contribution is 2.23. The van der Waals surface area contributed by atoms with Crippen molar-refractivity contribution in [3.8, 4) is 0 Å². The quantitative estimate of drug-likeness (QED) is 0.346. The number of likely N-dealkylation sites (tertiary alicyclic amines) is 1. The van der Waals surface area contributed by atoms with Crippen LogP contribution in [0.15, 0.2) is 4.99 Å². The molecule has 0 aromatic carbocycles. The second kappa shape index (κ2) is 12.5. The van der Waals surface area contributed by atoms with Crippen LogP contribution in [0.25, 0.3) is 0 Å². The summed E-state index contributed by atoms with van der Waals surface area (Å²) in [4.78, 5) is 6.91. The molecule has 1 aliphatic heterocycles. The number of hydrogen-bond acceptors (Lipinski definition) is 3. The van der Waals surface area contributed by atoms with Gasteiger partial charge in [0.05, 0.1) is 0 Å². The molecular weight excluding hydrogens is 447 g/mol. The number of halogens is 1. The predicted octanol–water partition coefficient (Wildman–Crippen LogP) is 2.58. The van der Waals surface area contributed by atoms with E-state index >= 15 is 0 Å². The van der Waals surface area contributed by atoms with Gasteiger partial charge >= 0.3 is 0 Å². The topological polar surface area (TPSA) is 56.7 Å². The van der Waals surface area contributed by atoms with Crippen molar-refractivity contribution in [3.63, 3.8) is 0 Å². The van der Waals surface area contributed by atoms with Gasteiger partial charge in [-0.25, -0.2) is 0 Å². The molecule has 2 rings (SSSR count). The molecule has 0 radical (unpaired) electrons. The molecular formula is C18H37IN4OS. The Morgan fingerprint density at radius 2 is 1.96 bits per heavy atom. The molecule has 25 heavy (non-hydrogen) atoms. The van der Waals surface area contributed by atoms with Crippen LogP contribution < -0.4 is 10.6 Å². The fourth-order valence-corrected chi connectivity index (χ4v) is 5.10. The normalized spacial score (nSPS) is 27.4. The van der Waals surface area contributed by atoms with E-state index < -0.39 is 10.8 Å². The van der Waals surface area contributed by atoms with Crippen molar-refractivity contribution in [2.24, 2.45) is 10.9 Å². The Labute approximate surface area is 173 Å². The van der Waals surface area contributed by atoms with Crippen LogP contribution in [0.3, 0.4) is 0 Å². The number of piperidine rings is 1. The summed E-state index contributed by atoms with van der Waals surface area (Å²) in [6.07, 6.45) is 7.08. The van der Waals surface area contributed by atoms with Crippen molar-refractivity contribution in [3.05, 3.63) is 0 Å². The third-order valence-corrected chi connectivity index (χ3v) is 7.18. The molecule has 3 unspecified atom stereocenters. The first-order valence-electron chi connectivity index (χ1n) is 9.69. The molecule has 3 atom stereocenters. The van der Waals surface area contributed by atoms with Crippen molar-refractivity contribution in [2.45, 2.75) is 63.7 Å². The van der Waals surface area contributed by atoms with Gasteiger partial charge in [0.2, 0.25) is 0 Å². The summed E-state index contributed by atoms with van der Waals surface area (Å²) in [5.41, 5.74) is 0. The lowest BCUT2D eigenvalue weighted by atomic mass is 9.95. The van der Waals surface area contributed by atoms with Gasteiger partial charge in [-0.3, -0.25) is 9.20 Å². The van der Waals surface area contributed by atoms with Crippen LogP contribution >= 0.6 is 24.0 Å². The Bertz CT molecular complexity index is 427. The molecule has 1 aliphatic carbocycles. The molecule has 1 saturated carbocycles. The summed E-state index contributed by atoms with van der Waals surface area (Å²) in [7, 11) is 1.17. The average molecular weight is 484 g/mol. The van der Waals surface area contributed by atoms with Crippen LogP contribution in [-0.2, 0) is 10.8 Å². The lowest BCUT2D eigenvalue weighted by molar-refractivity contribution is 0.195. The molecule has 2 aliphatic rings. The van der Waals surface area contributed by atoms with Gasteiger partial charge in [0.15, 0.2) is 5.96 Å². The molecule has 148 valence electrons. The third kappa shape index (κ3) is 8.12. The number of rotatable bonds is 6. The summed E-state index contributed by atoms with van der Waals surface area (Å²) >= 11 is 0. The highest BCUT2D eigenvalue weighted by atomic mass is 127. The van der Waals surface area contributed by atoms with E-state index in [2.05, 4.69) is 27.4 Å². The first-order chi connectivity index (χ1) is 11.6. The molecule has 7 heteroatoms. The average Bonchev–Trinajstić information content (AvgIpc) is 2.62. The molecule has 5 nitrogen and oxygen atoms in total. The number of aliphatic imine (C=N–C) groups is 1. The number of nitrogens with zero attached hydrogens (tertiary/aromatic N) is 2. The summed E-state index contributed by atoms with van der Waals surface area (Å²) < 4.78 is 12.1. The first kappa shape index (κ1) is 23.1. The Hall–Kier alpha value is 0.110. The Morgan fingerprint density at radius 1 is 1.24 bits per heavy atom. The van der Waals surface area contributed by atoms with Crippen molar-refractivity contribution in [1.82, 2.24) is 15.5 Å². The highest BCUT2D eigenvalue weighted by Gasteiger charge is 2.26. The minimum absolute atomic E-state index is 0. The molecule has 0 amide bonds. The first-order valence-corrected chi connectivity index (χ1v) is 11.1. The maximum Gasteiger partial charge on any atom is 0.191 e. The number of guanidine groups is 1. The zero-order chi connectivity index (χ0) is 17.4. The minimum Gasteiger partial charge on any atom is -0.355 e. The lowest BCUT2D eigenvalue weighted by Crippen LogP contribution is -2.48. The summed E-state index contributed by atoms with van der Waals surface area (Å²) in [6, 6.07) is 0.404. The van der Waals surface area contributed by atoms with E-state index in [9.17, 15) is 4.21 Å². The molecule has 2 fully saturated rings. The third-order valence-electron chi connectivity index (χ3n) is 5.44. The fourth-order valence-electron chi connectivity index (χ4n) is 3.76. The van der Waals surface area contributed by atoms with E-state index in [1.165, 1.54) is 25.9 Å². The SMILES string of the molecule is CCS(=O)C1CCCC(NC(=NC)NCCN2CCC(C)CC2)C1.I. The summed E-state index contributed by atoms with van der Waals surface area (Å²) in [5.74, 6) is 2.56. The van der Waals surface area contributed by atoms with E-state index in [-0.39, 0.29) is 24.0 Å². The van der Waals surface area contributed by atoms with Crippen molar-refractivity contribution >= 4 is 40.7 Å². The summed E-state index contributed by atoms with van der Waals surface area (Å²) in [6.45, 7) is 8.84. The van der Waals surface area contributed by atoms with Gasteiger partial charge in [-0.05, 0) is 51.1 Å². The van der Waals surface area contributed by atoms with Gasteiger partial charge in [0.25, 0.3) is 0 Å². The van der Waals surface area contributed by atoms with Crippen LogP contribution in [0.2, 0.25) is 0 Å². The van der Waals surface area contributed by atoms with Gasteiger partial charge in [-0.1, -0.05) is 20.3 Å². The minimum atomic E-state index is -0.670. The number of nitrogens with one attached hydrogen (secondary N) is 2. The highest BCUT2D eigenvalue weighted by molar-refractivity contribution is 14.0. The molecule has 2 N–H and O–H groups in total. The van der Waals surface area contributed by atoms with E-state index in [0.29, 0.717) is 11.3 Å². The maximum absolute atomic E-state index is 12.1. The van der Waals surface area contributed by atoms with Crippen LogP contribution in [0.5, 0.6) is 0 Å². The molecule has 0 aromatic heterocycles. The van der Waals surface area contributed by atoms with Crippen LogP contribution in [0, 0.1) is 5.92 Å². The molecule has 0 bridgehead atoms. The second-order valence-electron chi connectivity index (χ2n) is 7.32. The van der Waals surface area contributed by atoms with Crippen LogP contribution in [-0.4, -0.2) is 65.3 Å². The monoisotopic (exact) mass is 484 g/mol. The van der Waals surface area contributed by atoms with E-state index in [0.717, 1.165) is 56.4 Å².